The van der Waals surface area contributed by atoms with Crippen LogP contribution in [0.15, 0.2) is 24.3 Å². The van der Waals surface area contributed by atoms with E-state index in [2.05, 4.69) is 24.5 Å². The molecule has 0 aliphatic carbocycles. The van der Waals surface area contributed by atoms with Gasteiger partial charge in [-0.1, -0.05) is 57.6 Å². The molecular formula is C17H30N2O. The maximum absolute atomic E-state index is 5.68. The lowest BCUT2D eigenvalue weighted by Crippen LogP contribution is -2.27. The van der Waals surface area contributed by atoms with Crippen molar-refractivity contribution in [1.82, 2.24) is 5.43 Å². The van der Waals surface area contributed by atoms with Gasteiger partial charge in [0.05, 0.1) is 6.61 Å². The van der Waals surface area contributed by atoms with Crippen molar-refractivity contribution in [2.24, 2.45) is 5.84 Å². The van der Waals surface area contributed by atoms with E-state index in [0.29, 0.717) is 6.61 Å². The largest absolute Gasteiger partial charge is 0.494 e. The second-order valence-corrected chi connectivity index (χ2v) is 5.28. The molecule has 0 saturated carbocycles. The van der Waals surface area contributed by atoms with Crippen LogP contribution >= 0.6 is 0 Å². The van der Waals surface area contributed by atoms with E-state index in [1.165, 1.54) is 44.1 Å². The van der Waals surface area contributed by atoms with Crippen molar-refractivity contribution in [1.29, 1.82) is 0 Å². The highest BCUT2D eigenvalue weighted by Gasteiger charge is 2.09. The highest BCUT2D eigenvalue weighted by atomic mass is 16.5. The summed E-state index contributed by atoms with van der Waals surface area (Å²) in [6.07, 6.45) is 8.99. The first-order chi connectivity index (χ1) is 9.81. The zero-order chi connectivity index (χ0) is 14.6. The van der Waals surface area contributed by atoms with Crippen molar-refractivity contribution in [3.63, 3.8) is 0 Å². The molecular weight excluding hydrogens is 248 g/mol. The molecule has 0 saturated heterocycles. The zero-order valence-electron chi connectivity index (χ0n) is 13.0. The summed E-state index contributed by atoms with van der Waals surface area (Å²) < 4.78 is 5.46. The average Bonchev–Trinajstić information content (AvgIpc) is 2.48. The normalized spacial score (nSPS) is 12.3. The molecule has 0 spiro atoms. The maximum Gasteiger partial charge on any atom is 0.119 e. The molecule has 0 aliphatic rings. The van der Waals surface area contributed by atoms with Crippen LogP contribution in [0.2, 0.25) is 0 Å². The van der Waals surface area contributed by atoms with Gasteiger partial charge in [0.2, 0.25) is 0 Å². The van der Waals surface area contributed by atoms with Crippen LogP contribution in [0.1, 0.15) is 70.4 Å². The molecule has 1 aromatic carbocycles. The molecule has 3 nitrogen and oxygen atoms in total. The van der Waals surface area contributed by atoms with E-state index < -0.39 is 0 Å². The van der Waals surface area contributed by atoms with Gasteiger partial charge in [-0.25, -0.2) is 0 Å². The third kappa shape index (κ3) is 6.40. The molecule has 3 N–H and O–H groups in total. The molecule has 0 aliphatic heterocycles. The van der Waals surface area contributed by atoms with Gasteiger partial charge < -0.3 is 4.74 Å². The van der Waals surface area contributed by atoms with Gasteiger partial charge in [0.15, 0.2) is 0 Å². The van der Waals surface area contributed by atoms with Gasteiger partial charge in [-0.3, -0.25) is 11.3 Å². The Labute approximate surface area is 123 Å². The van der Waals surface area contributed by atoms with E-state index >= 15 is 0 Å². The van der Waals surface area contributed by atoms with Crippen LogP contribution in [0.4, 0.5) is 0 Å². The lowest BCUT2D eigenvalue weighted by molar-refractivity contribution is 0.340. The highest BCUT2D eigenvalue weighted by Crippen LogP contribution is 2.22. The number of benzene rings is 1. The minimum Gasteiger partial charge on any atom is -0.494 e. The van der Waals surface area contributed by atoms with E-state index in [4.69, 9.17) is 10.6 Å². The SMILES string of the molecule is CCCCCCCCC(NN)c1ccc(OCC)cc1. The van der Waals surface area contributed by atoms with Gasteiger partial charge in [-0.15, -0.1) is 0 Å². The van der Waals surface area contributed by atoms with Crippen LogP contribution in [0.3, 0.4) is 0 Å². The number of rotatable bonds is 11. The van der Waals surface area contributed by atoms with Crippen molar-refractivity contribution in [3.05, 3.63) is 29.8 Å². The first-order valence-corrected chi connectivity index (χ1v) is 8.00. The fraction of sp³-hybridized carbons (Fsp3) is 0.647. The Balaban J connectivity index is 2.33. The molecule has 1 atom stereocenters. The Bertz CT molecular complexity index is 337. The van der Waals surface area contributed by atoms with E-state index in [9.17, 15) is 0 Å². The van der Waals surface area contributed by atoms with Crippen molar-refractivity contribution in [2.75, 3.05) is 6.61 Å². The lowest BCUT2D eigenvalue weighted by atomic mass is 10.00. The molecule has 3 heteroatoms. The molecule has 0 amide bonds. The number of hydrogen-bond donors (Lipinski definition) is 2. The first-order valence-electron chi connectivity index (χ1n) is 8.00. The minimum atomic E-state index is 0.247. The summed E-state index contributed by atoms with van der Waals surface area (Å²) in [7, 11) is 0. The van der Waals surface area contributed by atoms with Gasteiger partial charge >= 0.3 is 0 Å². The van der Waals surface area contributed by atoms with Crippen LogP contribution in [-0.2, 0) is 0 Å². The van der Waals surface area contributed by atoms with Crippen molar-refractivity contribution >= 4 is 0 Å². The fourth-order valence-electron chi connectivity index (χ4n) is 2.44. The first kappa shape index (κ1) is 17.0. The molecule has 0 bridgehead atoms. The molecule has 1 unspecified atom stereocenters. The van der Waals surface area contributed by atoms with Crippen LogP contribution in [0.25, 0.3) is 0 Å². The van der Waals surface area contributed by atoms with Gasteiger partial charge in [0.1, 0.15) is 5.75 Å². The zero-order valence-corrected chi connectivity index (χ0v) is 13.0. The molecule has 0 radical (unpaired) electrons. The summed E-state index contributed by atoms with van der Waals surface area (Å²) >= 11 is 0. The topological polar surface area (TPSA) is 47.3 Å². The second kappa shape index (κ2) is 10.7. The molecule has 114 valence electrons. The number of hydrazine groups is 1. The van der Waals surface area contributed by atoms with Gasteiger partial charge in [0, 0.05) is 6.04 Å². The molecule has 0 heterocycles. The minimum absolute atomic E-state index is 0.247. The molecule has 1 rings (SSSR count). The molecule has 0 fully saturated rings. The predicted octanol–water partition coefficient (Wildman–Crippen LogP) is 4.34. The van der Waals surface area contributed by atoms with Crippen molar-refractivity contribution in [3.8, 4) is 5.75 Å². The second-order valence-electron chi connectivity index (χ2n) is 5.28. The van der Waals surface area contributed by atoms with Gasteiger partial charge in [-0.2, -0.15) is 0 Å². The Morgan fingerprint density at radius 3 is 2.25 bits per heavy atom. The molecule has 20 heavy (non-hydrogen) atoms. The summed E-state index contributed by atoms with van der Waals surface area (Å²) in [5.41, 5.74) is 4.17. The summed E-state index contributed by atoms with van der Waals surface area (Å²) in [6.45, 7) is 4.95. The number of nitrogens with one attached hydrogen (secondary N) is 1. The lowest BCUT2D eigenvalue weighted by Gasteiger charge is -2.16. The van der Waals surface area contributed by atoms with E-state index in [1.54, 1.807) is 0 Å². The Morgan fingerprint density at radius 1 is 1.00 bits per heavy atom. The van der Waals surface area contributed by atoms with Crippen molar-refractivity contribution < 1.29 is 4.74 Å². The Morgan fingerprint density at radius 2 is 1.65 bits per heavy atom. The van der Waals surface area contributed by atoms with Crippen LogP contribution in [0, 0.1) is 0 Å². The number of hydrogen-bond acceptors (Lipinski definition) is 3. The summed E-state index contributed by atoms with van der Waals surface area (Å²) in [6, 6.07) is 8.49. The van der Waals surface area contributed by atoms with Crippen LogP contribution in [0.5, 0.6) is 5.75 Å². The van der Waals surface area contributed by atoms with Crippen LogP contribution < -0.4 is 16.0 Å². The Hall–Kier alpha value is -1.06. The van der Waals surface area contributed by atoms with Crippen LogP contribution in [-0.4, -0.2) is 6.61 Å². The highest BCUT2D eigenvalue weighted by molar-refractivity contribution is 5.29. The quantitative estimate of drug-likeness (QED) is 0.359. The van der Waals surface area contributed by atoms with E-state index in [0.717, 1.165) is 12.2 Å². The summed E-state index contributed by atoms with van der Waals surface area (Å²) in [5.74, 6) is 6.61. The smallest absolute Gasteiger partial charge is 0.119 e. The molecule has 1 aromatic rings. The number of unbranched alkanes of at least 4 members (excludes halogenated alkanes) is 5. The fourth-order valence-corrected chi connectivity index (χ4v) is 2.44. The summed E-state index contributed by atoms with van der Waals surface area (Å²) in [5, 5.41) is 0. The van der Waals surface area contributed by atoms with E-state index in [1.807, 2.05) is 19.1 Å². The predicted molar refractivity (Wildman–Crippen MR) is 85.7 cm³/mol. The van der Waals surface area contributed by atoms with Gasteiger partial charge in [0.25, 0.3) is 0 Å². The molecule has 0 aromatic heterocycles. The van der Waals surface area contributed by atoms with E-state index in [-0.39, 0.29) is 6.04 Å². The average molecular weight is 278 g/mol. The monoisotopic (exact) mass is 278 g/mol. The number of nitrogens with two attached hydrogens (primary N) is 1. The Kier molecular flexibility index (Phi) is 9.09. The van der Waals surface area contributed by atoms with Crippen molar-refractivity contribution in [2.45, 2.75) is 64.8 Å². The van der Waals surface area contributed by atoms with Gasteiger partial charge in [-0.05, 0) is 31.0 Å². The standard InChI is InChI=1S/C17H30N2O/c1-3-5-6-7-8-9-10-17(19-18)15-11-13-16(14-12-15)20-4-2/h11-14,17,19H,3-10,18H2,1-2H3. The third-order valence-corrected chi connectivity index (χ3v) is 3.64. The maximum atomic E-state index is 5.68. The summed E-state index contributed by atoms with van der Waals surface area (Å²) in [4.78, 5) is 0. The third-order valence-electron chi connectivity index (χ3n) is 3.64. The number of ether oxygens (including phenoxy) is 1.